The van der Waals surface area contributed by atoms with Gasteiger partial charge in [-0.25, -0.2) is 0 Å². The molecule has 0 unspecified atom stereocenters. The Labute approximate surface area is 90.5 Å². The van der Waals surface area contributed by atoms with Crippen LogP contribution in [0, 0.1) is 0 Å². The second-order valence-corrected chi connectivity index (χ2v) is 4.77. The number of aliphatic hydroxyl groups excluding tert-OH is 3. The van der Waals surface area contributed by atoms with Crippen molar-refractivity contribution in [1.29, 1.82) is 0 Å². The van der Waals surface area contributed by atoms with Crippen LogP contribution in [0.4, 0.5) is 0 Å². The highest BCUT2D eigenvalue weighted by atomic mass is 16.3. The first-order chi connectivity index (χ1) is 7.20. The Morgan fingerprint density at radius 1 is 1.20 bits per heavy atom. The second-order valence-electron chi connectivity index (χ2n) is 4.77. The maximum absolute atomic E-state index is 9.93. The van der Waals surface area contributed by atoms with Crippen LogP contribution in [-0.4, -0.2) is 57.2 Å². The van der Waals surface area contributed by atoms with E-state index in [1.54, 1.807) is 0 Å². The number of fused-ring (bicyclic) bond motifs is 1. The Morgan fingerprint density at radius 3 is 2.53 bits per heavy atom. The molecule has 5 atom stereocenters. The summed E-state index contributed by atoms with van der Waals surface area (Å²) >= 11 is 0. The number of rotatable bonds is 3. The molecular formula is C11H21NO3. The lowest BCUT2D eigenvalue weighted by Crippen LogP contribution is -2.42. The molecule has 2 aliphatic heterocycles. The number of aliphatic hydroxyl groups is 3. The van der Waals surface area contributed by atoms with Crippen molar-refractivity contribution < 1.29 is 15.3 Å². The minimum absolute atomic E-state index is 0.0367. The number of hydrogen-bond acceptors (Lipinski definition) is 4. The van der Waals surface area contributed by atoms with Crippen molar-refractivity contribution in [3.8, 4) is 0 Å². The van der Waals surface area contributed by atoms with Crippen LogP contribution in [0.1, 0.15) is 32.6 Å². The third kappa shape index (κ3) is 1.69. The Morgan fingerprint density at radius 2 is 1.93 bits per heavy atom. The molecule has 0 aromatic carbocycles. The third-order valence-electron chi connectivity index (χ3n) is 3.92. The highest BCUT2D eigenvalue weighted by Gasteiger charge is 2.52. The number of nitrogens with zero attached hydrogens (tertiary/aromatic N) is 1. The van der Waals surface area contributed by atoms with Gasteiger partial charge in [-0.1, -0.05) is 13.3 Å². The van der Waals surface area contributed by atoms with Crippen LogP contribution in [0.3, 0.4) is 0 Å². The first-order valence-electron chi connectivity index (χ1n) is 5.95. The lowest BCUT2D eigenvalue weighted by Gasteiger charge is -2.29. The van der Waals surface area contributed by atoms with Crippen LogP contribution in [0.15, 0.2) is 0 Å². The van der Waals surface area contributed by atoms with E-state index in [2.05, 4.69) is 11.8 Å². The van der Waals surface area contributed by atoms with Gasteiger partial charge in [0.05, 0.1) is 18.8 Å². The second kappa shape index (κ2) is 4.37. The maximum Gasteiger partial charge on any atom is 0.0969 e. The van der Waals surface area contributed by atoms with Crippen molar-refractivity contribution >= 4 is 0 Å². The van der Waals surface area contributed by atoms with Crippen LogP contribution in [-0.2, 0) is 0 Å². The van der Waals surface area contributed by atoms with Gasteiger partial charge in [0.2, 0.25) is 0 Å². The number of hydrogen-bond donors (Lipinski definition) is 3. The molecule has 0 aliphatic carbocycles. The molecule has 88 valence electrons. The molecule has 0 bridgehead atoms. The molecule has 0 radical (unpaired) electrons. The molecule has 0 saturated carbocycles. The topological polar surface area (TPSA) is 63.9 Å². The molecule has 15 heavy (non-hydrogen) atoms. The summed E-state index contributed by atoms with van der Waals surface area (Å²) in [7, 11) is 0. The van der Waals surface area contributed by atoms with Gasteiger partial charge in [-0.15, -0.1) is 0 Å². The van der Waals surface area contributed by atoms with E-state index >= 15 is 0 Å². The van der Waals surface area contributed by atoms with E-state index in [1.165, 1.54) is 0 Å². The Bertz CT molecular complexity index is 224. The van der Waals surface area contributed by atoms with Crippen LogP contribution in [0.5, 0.6) is 0 Å². The molecule has 0 aromatic rings. The predicted molar refractivity (Wildman–Crippen MR) is 56.4 cm³/mol. The SMILES string of the molecule is CCC[C@@H]1[C@@H](O)[C@H](O)[C@H]2CC[C@@H](CO)N12. The van der Waals surface area contributed by atoms with E-state index in [4.69, 9.17) is 0 Å². The molecule has 2 rings (SSSR count). The first-order valence-corrected chi connectivity index (χ1v) is 5.95. The molecule has 2 saturated heterocycles. The van der Waals surface area contributed by atoms with Crippen LogP contribution in [0.2, 0.25) is 0 Å². The zero-order valence-corrected chi connectivity index (χ0v) is 9.21. The Kier molecular flexibility index (Phi) is 3.30. The summed E-state index contributed by atoms with van der Waals surface area (Å²) < 4.78 is 0. The van der Waals surface area contributed by atoms with E-state index in [-0.39, 0.29) is 24.7 Å². The molecular weight excluding hydrogens is 194 g/mol. The van der Waals surface area contributed by atoms with Crippen molar-refractivity contribution in [2.24, 2.45) is 0 Å². The normalized spacial score (nSPS) is 46.0. The molecule has 2 aliphatic rings. The molecule has 3 N–H and O–H groups in total. The summed E-state index contributed by atoms with van der Waals surface area (Å²) in [5.74, 6) is 0. The quantitative estimate of drug-likeness (QED) is 0.605. The standard InChI is InChI=1S/C11H21NO3/c1-2-3-8-10(14)11(15)9-5-4-7(6-13)12(8)9/h7-11,13-15H,2-6H2,1H3/t7-,8+,9+,10+,11+/m0/s1. The lowest BCUT2D eigenvalue weighted by molar-refractivity contribution is 0.0229. The third-order valence-corrected chi connectivity index (χ3v) is 3.92. The predicted octanol–water partition coefficient (Wildman–Crippen LogP) is -0.284. The van der Waals surface area contributed by atoms with E-state index in [0.29, 0.717) is 0 Å². The molecule has 2 heterocycles. The summed E-state index contributed by atoms with van der Waals surface area (Å²) in [6.45, 7) is 2.21. The van der Waals surface area contributed by atoms with Gasteiger partial charge in [0.25, 0.3) is 0 Å². The van der Waals surface area contributed by atoms with Crippen LogP contribution < -0.4 is 0 Å². The molecule has 0 spiro atoms. The summed E-state index contributed by atoms with van der Waals surface area (Å²) in [5, 5.41) is 29.1. The van der Waals surface area contributed by atoms with Crippen molar-refractivity contribution in [1.82, 2.24) is 4.90 Å². The fourth-order valence-corrected chi connectivity index (χ4v) is 3.23. The highest BCUT2D eigenvalue weighted by molar-refractivity contribution is 5.06. The van der Waals surface area contributed by atoms with Gasteiger partial charge >= 0.3 is 0 Å². The van der Waals surface area contributed by atoms with Gasteiger partial charge in [-0.2, -0.15) is 0 Å². The van der Waals surface area contributed by atoms with Crippen molar-refractivity contribution in [2.75, 3.05) is 6.61 Å². The molecule has 0 amide bonds. The summed E-state index contributed by atoms with van der Waals surface area (Å²) in [4.78, 5) is 2.15. The fraction of sp³-hybridized carbons (Fsp3) is 1.00. The zero-order valence-electron chi connectivity index (χ0n) is 9.21. The first kappa shape index (κ1) is 11.3. The average Bonchev–Trinajstić information content (AvgIpc) is 2.75. The Hall–Kier alpha value is -0.160. The average molecular weight is 215 g/mol. The monoisotopic (exact) mass is 215 g/mol. The highest BCUT2D eigenvalue weighted by Crippen LogP contribution is 2.38. The van der Waals surface area contributed by atoms with Crippen molar-refractivity contribution in [3.05, 3.63) is 0 Å². The fourth-order valence-electron chi connectivity index (χ4n) is 3.23. The van der Waals surface area contributed by atoms with E-state index in [9.17, 15) is 15.3 Å². The molecule has 4 heteroatoms. The van der Waals surface area contributed by atoms with E-state index < -0.39 is 12.2 Å². The van der Waals surface area contributed by atoms with E-state index in [0.717, 1.165) is 25.7 Å². The van der Waals surface area contributed by atoms with Crippen LogP contribution >= 0.6 is 0 Å². The molecule has 4 nitrogen and oxygen atoms in total. The van der Waals surface area contributed by atoms with Crippen molar-refractivity contribution in [2.45, 2.75) is 62.9 Å². The maximum atomic E-state index is 9.93. The van der Waals surface area contributed by atoms with Gasteiger partial charge in [-0.05, 0) is 19.3 Å². The summed E-state index contributed by atoms with van der Waals surface area (Å²) in [5.41, 5.74) is 0. The van der Waals surface area contributed by atoms with Crippen LogP contribution in [0.25, 0.3) is 0 Å². The van der Waals surface area contributed by atoms with Gasteiger partial charge in [0, 0.05) is 18.1 Å². The van der Waals surface area contributed by atoms with E-state index in [1.807, 2.05) is 0 Å². The van der Waals surface area contributed by atoms with Gasteiger partial charge < -0.3 is 15.3 Å². The van der Waals surface area contributed by atoms with Gasteiger partial charge in [-0.3, -0.25) is 4.90 Å². The molecule has 2 fully saturated rings. The summed E-state index contributed by atoms with van der Waals surface area (Å²) in [6.07, 6.45) is 2.46. The molecule has 0 aromatic heterocycles. The van der Waals surface area contributed by atoms with Crippen molar-refractivity contribution in [3.63, 3.8) is 0 Å². The minimum atomic E-state index is -0.635. The zero-order chi connectivity index (χ0) is 11.0. The lowest BCUT2D eigenvalue weighted by atomic mass is 10.0. The van der Waals surface area contributed by atoms with Gasteiger partial charge in [0.15, 0.2) is 0 Å². The smallest absolute Gasteiger partial charge is 0.0969 e. The largest absolute Gasteiger partial charge is 0.395 e. The van der Waals surface area contributed by atoms with Gasteiger partial charge in [0.1, 0.15) is 0 Å². The summed E-state index contributed by atoms with van der Waals surface area (Å²) in [6, 6.07) is 0.238. The minimum Gasteiger partial charge on any atom is -0.395 e. The Balaban J connectivity index is 2.15.